The highest BCUT2D eigenvalue weighted by Crippen LogP contribution is 2.25. The standard InChI is InChI=1S/C16H18F2N2O/c1-2-21-16-10-14(3-4-15(16)19)20-6-5-11-7-12(17)9-13(18)8-11/h3-4,7-10,20H,2,5-6,19H2,1H3. The minimum Gasteiger partial charge on any atom is -0.492 e. The highest BCUT2D eigenvalue weighted by atomic mass is 19.1. The zero-order valence-electron chi connectivity index (χ0n) is 11.8. The smallest absolute Gasteiger partial charge is 0.144 e. The summed E-state index contributed by atoms with van der Waals surface area (Å²) in [7, 11) is 0. The van der Waals surface area contributed by atoms with Crippen molar-refractivity contribution in [2.45, 2.75) is 13.3 Å². The Morgan fingerprint density at radius 1 is 1.10 bits per heavy atom. The van der Waals surface area contributed by atoms with Gasteiger partial charge in [-0.15, -0.1) is 0 Å². The van der Waals surface area contributed by atoms with E-state index in [2.05, 4.69) is 5.32 Å². The van der Waals surface area contributed by atoms with Gasteiger partial charge in [0.15, 0.2) is 0 Å². The van der Waals surface area contributed by atoms with Crippen molar-refractivity contribution in [1.82, 2.24) is 0 Å². The van der Waals surface area contributed by atoms with Crippen LogP contribution in [0, 0.1) is 11.6 Å². The van der Waals surface area contributed by atoms with Crippen LogP contribution in [0.1, 0.15) is 12.5 Å². The first-order chi connectivity index (χ1) is 10.1. The second-order valence-corrected chi connectivity index (χ2v) is 4.64. The number of hydrogen-bond acceptors (Lipinski definition) is 3. The Kier molecular flexibility index (Phi) is 4.98. The Bertz CT molecular complexity index is 597. The van der Waals surface area contributed by atoms with Gasteiger partial charge in [-0.1, -0.05) is 0 Å². The van der Waals surface area contributed by atoms with Gasteiger partial charge in [-0.2, -0.15) is 0 Å². The number of ether oxygens (including phenoxy) is 1. The molecule has 0 atom stereocenters. The summed E-state index contributed by atoms with van der Waals surface area (Å²) in [6, 6.07) is 8.94. The molecule has 112 valence electrons. The molecule has 0 aliphatic heterocycles. The molecule has 0 fully saturated rings. The molecular weight excluding hydrogens is 274 g/mol. The lowest BCUT2D eigenvalue weighted by Gasteiger charge is -2.11. The fraction of sp³-hybridized carbons (Fsp3) is 0.250. The van der Waals surface area contributed by atoms with Crippen molar-refractivity contribution in [2.75, 3.05) is 24.2 Å². The van der Waals surface area contributed by atoms with E-state index in [-0.39, 0.29) is 0 Å². The minimum atomic E-state index is -0.559. The van der Waals surface area contributed by atoms with Crippen molar-refractivity contribution >= 4 is 11.4 Å². The maximum atomic E-state index is 13.1. The number of nitrogen functional groups attached to an aromatic ring is 1. The molecular formula is C16H18F2N2O. The van der Waals surface area contributed by atoms with E-state index in [4.69, 9.17) is 10.5 Å². The maximum Gasteiger partial charge on any atom is 0.144 e. The van der Waals surface area contributed by atoms with Crippen LogP contribution in [0.25, 0.3) is 0 Å². The summed E-state index contributed by atoms with van der Waals surface area (Å²) in [5.74, 6) is -0.494. The van der Waals surface area contributed by atoms with Crippen molar-refractivity contribution in [3.8, 4) is 5.75 Å². The minimum absolute atomic E-state index is 0.517. The molecule has 0 radical (unpaired) electrons. The molecule has 0 aromatic heterocycles. The second kappa shape index (κ2) is 6.92. The van der Waals surface area contributed by atoms with Gasteiger partial charge in [0.1, 0.15) is 17.4 Å². The highest BCUT2D eigenvalue weighted by molar-refractivity contribution is 5.61. The molecule has 21 heavy (non-hydrogen) atoms. The molecule has 2 aromatic carbocycles. The van der Waals surface area contributed by atoms with Gasteiger partial charge in [0.25, 0.3) is 0 Å². The number of benzene rings is 2. The van der Waals surface area contributed by atoms with Crippen LogP contribution in [0.2, 0.25) is 0 Å². The van der Waals surface area contributed by atoms with Crippen LogP contribution in [-0.4, -0.2) is 13.2 Å². The molecule has 0 saturated heterocycles. The van der Waals surface area contributed by atoms with E-state index in [1.54, 1.807) is 6.07 Å². The van der Waals surface area contributed by atoms with Gasteiger partial charge in [-0.3, -0.25) is 0 Å². The molecule has 0 heterocycles. The van der Waals surface area contributed by atoms with Crippen molar-refractivity contribution in [3.63, 3.8) is 0 Å². The number of nitrogens with two attached hydrogens (primary N) is 1. The van der Waals surface area contributed by atoms with Crippen LogP contribution in [0.5, 0.6) is 5.75 Å². The summed E-state index contributed by atoms with van der Waals surface area (Å²) >= 11 is 0. The molecule has 2 rings (SSSR count). The number of rotatable bonds is 6. The van der Waals surface area contributed by atoms with Gasteiger partial charge >= 0.3 is 0 Å². The number of halogens is 2. The van der Waals surface area contributed by atoms with Gasteiger partial charge in [-0.25, -0.2) is 8.78 Å². The molecule has 5 heteroatoms. The van der Waals surface area contributed by atoms with E-state index in [0.717, 1.165) is 11.8 Å². The topological polar surface area (TPSA) is 47.3 Å². The van der Waals surface area contributed by atoms with Crippen molar-refractivity contribution in [3.05, 3.63) is 53.6 Å². The predicted molar refractivity (Wildman–Crippen MR) is 80.6 cm³/mol. The molecule has 0 bridgehead atoms. The number of nitrogens with one attached hydrogen (secondary N) is 1. The van der Waals surface area contributed by atoms with Crippen LogP contribution in [-0.2, 0) is 6.42 Å². The van der Waals surface area contributed by atoms with E-state index < -0.39 is 11.6 Å². The average molecular weight is 292 g/mol. The van der Waals surface area contributed by atoms with Crippen molar-refractivity contribution in [2.24, 2.45) is 0 Å². The second-order valence-electron chi connectivity index (χ2n) is 4.64. The lowest BCUT2D eigenvalue weighted by molar-refractivity contribution is 0.342. The molecule has 0 unspecified atom stereocenters. The summed E-state index contributed by atoms with van der Waals surface area (Å²) in [6.07, 6.45) is 0.517. The van der Waals surface area contributed by atoms with Crippen molar-refractivity contribution in [1.29, 1.82) is 0 Å². The van der Waals surface area contributed by atoms with Gasteiger partial charge in [0.05, 0.1) is 12.3 Å². The van der Waals surface area contributed by atoms with Gasteiger partial charge in [-0.05, 0) is 43.2 Å². The van der Waals surface area contributed by atoms with E-state index >= 15 is 0 Å². The lowest BCUT2D eigenvalue weighted by Crippen LogP contribution is -2.06. The van der Waals surface area contributed by atoms with Crippen LogP contribution in [0.4, 0.5) is 20.2 Å². The van der Waals surface area contributed by atoms with Gasteiger partial charge in [0, 0.05) is 24.4 Å². The average Bonchev–Trinajstić information content (AvgIpc) is 2.41. The maximum absolute atomic E-state index is 13.1. The summed E-state index contributed by atoms with van der Waals surface area (Å²) in [4.78, 5) is 0. The number of hydrogen-bond donors (Lipinski definition) is 2. The largest absolute Gasteiger partial charge is 0.492 e. The molecule has 0 aliphatic rings. The SMILES string of the molecule is CCOc1cc(NCCc2cc(F)cc(F)c2)ccc1N. The van der Waals surface area contributed by atoms with Crippen LogP contribution in [0.15, 0.2) is 36.4 Å². The Morgan fingerprint density at radius 2 is 1.81 bits per heavy atom. The summed E-state index contributed by atoms with van der Waals surface area (Å²) in [6.45, 7) is 2.98. The highest BCUT2D eigenvalue weighted by Gasteiger charge is 2.03. The summed E-state index contributed by atoms with van der Waals surface area (Å²) in [5.41, 5.74) is 7.83. The summed E-state index contributed by atoms with van der Waals surface area (Å²) in [5, 5.41) is 3.18. The fourth-order valence-corrected chi connectivity index (χ4v) is 2.03. The quantitative estimate of drug-likeness (QED) is 0.800. The first-order valence-electron chi connectivity index (χ1n) is 6.79. The third kappa shape index (κ3) is 4.34. The van der Waals surface area contributed by atoms with E-state index in [9.17, 15) is 8.78 Å². The third-order valence-corrected chi connectivity index (χ3v) is 2.98. The van der Waals surface area contributed by atoms with E-state index in [1.165, 1.54) is 12.1 Å². The zero-order valence-corrected chi connectivity index (χ0v) is 11.8. The molecule has 2 aromatic rings. The van der Waals surface area contributed by atoms with E-state index in [1.807, 2.05) is 19.1 Å². The molecule has 0 spiro atoms. The first kappa shape index (κ1) is 15.1. The molecule has 3 N–H and O–H groups in total. The Morgan fingerprint density at radius 3 is 2.48 bits per heavy atom. The molecule has 0 aliphatic carbocycles. The van der Waals surface area contributed by atoms with Gasteiger partial charge in [0.2, 0.25) is 0 Å². The Balaban J connectivity index is 1.95. The Hall–Kier alpha value is -2.30. The first-order valence-corrected chi connectivity index (χ1v) is 6.79. The lowest BCUT2D eigenvalue weighted by atomic mass is 10.1. The van der Waals surface area contributed by atoms with Crippen LogP contribution < -0.4 is 15.8 Å². The predicted octanol–water partition coefficient (Wildman–Crippen LogP) is 3.60. The zero-order chi connectivity index (χ0) is 15.2. The third-order valence-electron chi connectivity index (χ3n) is 2.98. The number of anilines is 2. The molecule has 0 amide bonds. The van der Waals surface area contributed by atoms with E-state index in [0.29, 0.717) is 36.6 Å². The van der Waals surface area contributed by atoms with Crippen LogP contribution in [0.3, 0.4) is 0 Å². The monoisotopic (exact) mass is 292 g/mol. The summed E-state index contributed by atoms with van der Waals surface area (Å²) < 4.78 is 31.5. The molecule has 0 saturated carbocycles. The fourth-order valence-electron chi connectivity index (χ4n) is 2.03. The Labute approximate surface area is 122 Å². The molecule has 3 nitrogen and oxygen atoms in total. The normalized spacial score (nSPS) is 10.4. The van der Waals surface area contributed by atoms with Crippen molar-refractivity contribution < 1.29 is 13.5 Å². The van der Waals surface area contributed by atoms with Gasteiger partial charge < -0.3 is 15.8 Å². The van der Waals surface area contributed by atoms with Crippen LogP contribution >= 0.6 is 0 Å².